The van der Waals surface area contributed by atoms with Crippen LogP contribution in [0.2, 0.25) is 0 Å². The van der Waals surface area contributed by atoms with Crippen LogP contribution in [-0.2, 0) is 11.2 Å². The van der Waals surface area contributed by atoms with Crippen LogP contribution in [0.25, 0.3) is 0 Å². The molecule has 0 bridgehead atoms. The first kappa shape index (κ1) is 28.4. The zero-order valence-corrected chi connectivity index (χ0v) is 23.0. The first-order chi connectivity index (χ1) is 20.4. The Morgan fingerprint density at radius 2 is 1.31 bits per heavy atom. The second-order valence-corrected chi connectivity index (χ2v) is 10.2. The highest BCUT2D eigenvalue weighted by molar-refractivity contribution is 6.01. The van der Waals surface area contributed by atoms with E-state index in [1.165, 1.54) is 6.07 Å². The van der Waals surface area contributed by atoms with Crippen LogP contribution < -0.4 is 20.1 Å². The van der Waals surface area contributed by atoms with Gasteiger partial charge in [-0.15, -0.1) is 0 Å². The number of nitrogens with one attached hydrogen (secondary N) is 2. The molecule has 0 heterocycles. The third-order valence-corrected chi connectivity index (χ3v) is 7.13. The number of amides is 2. The van der Waals surface area contributed by atoms with E-state index in [4.69, 9.17) is 9.47 Å². The fourth-order valence-electron chi connectivity index (χ4n) is 4.93. The van der Waals surface area contributed by atoms with E-state index >= 15 is 0 Å². The number of hydrogen-bond donors (Lipinski definition) is 3. The van der Waals surface area contributed by atoms with Gasteiger partial charge in [0.25, 0.3) is 5.91 Å². The second-order valence-electron chi connectivity index (χ2n) is 10.2. The van der Waals surface area contributed by atoms with Crippen molar-refractivity contribution < 1.29 is 29.0 Å². The first-order valence-corrected chi connectivity index (χ1v) is 13.9. The lowest BCUT2D eigenvalue weighted by molar-refractivity contribution is -0.115. The molecule has 0 radical (unpaired) electrons. The molecule has 0 atom stereocenters. The van der Waals surface area contributed by atoms with E-state index in [9.17, 15) is 19.5 Å². The molecule has 8 heteroatoms. The van der Waals surface area contributed by atoms with Gasteiger partial charge in [-0.2, -0.15) is 0 Å². The molecule has 5 rings (SSSR count). The minimum absolute atomic E-state index is 0.0326. The molecule has 1 fully saturated rings. The second kappa shape index (κ2) is 13.5. The number of anilines is 1. The van der Waals surface area contributed by atoms with Gasteiger partial charge < -0.3 is 25.2 Å². The van der Waals surface area contributed by atoms with Crippen molar-refractivity contribution in [2.24, 2.45) is 0 Å². The highest BCUT2D eigenvalue weighted by atomic mass is 16.5. The summed E-state index contributed by atoms with van der Waals surface area (Å²) in [6.45, 7) is 0. The van der Waals surface area contributed by atoms with Gasteiger partial charge in [0.1, 0.15) is 17.2 Å². The Hall–Kier alpha value is -5.11. The topological polar surface area (TPSA) is 114 Å². The number of para-hydroxylation sites is 1. The van der Waals surface area contributed by atoms with Gasteiger partial charge in [-0.25, -0.2) is 4.79 Å². The van der Waals surface area contributed by atoms with E-state index in [1.54, 1.807) is 42.5 Å². The third-order valence-electron chi connectivity index (χ3n) is 7.13. The maximum atomic E-state index is 12.5. The molecule has 1 saturated carbocycles. The SMILES string of the molecule is O=C(Cc1ccc(Oc2ccc(OC3CCC(NC(=O)c4ccccc4)CC3)cc2)cc1)Nc1ccccc1C(=O)O. The summed E-state index contributed by atoms with van der Waals surface area (Å²) in [6.07, 6.45) is 3.68. The van der Waals surface area contributed by atoms with Crippen molar-refractivity contribution >= 4 is 23.5 Å². The minimum Gasteiger partial charge on any atom is -0.490 e. The van der Waals surface area contributed by atoms with E-state index in [-0.39, 0.29) is 41.6 Å². The lowest BCUT2D eigenvalue weighted by Gasteiger charge is -2.29. The van der Waals surface area contributed by atoms with Gasteiger partial charge in [-0.05, 0) is 91.9 Å². The van der Waals surface area contributed by atoms with Crippen molar-refractivity contribution in [3.05, 3.63) is 120 Å². The monoisotopic (exact) mass is 564 g/mol. The van der Waals surface area contributed by atoms with Gasteiger partial charge in [0.15, 0.2) is 0 Å². The first-order valence-electron chi connectivity index (χ1n) is 13.9. The summed E-state index contributed by atoms with van der Waals surface area (Å²) in [5, 5.41) is 15.1. The minimum atomic E-state index is -1.10. The Bertz CT molecular complexity index is 1510. The highest BCUT2D eigenvalue weighted by Crippen LogP contribution is 2.28. The lowest BCUT2D eigenvalue weighted by atomic mass is 9.92. The van der Waals surface area contributed by atoms with E-state index in [2.05, 4.69) is 10.6 Å². The van der Waals surface area contributed by atoms with Gasteiger partial charge in [-0.3, -0.25) is 9.59 Å². The maximum Gasteiger partial charge on any atom is 0.337 e. The molecular formula is C34H32N2O6. The Morgan fingerprint density at radius 3 is 1.98 bits per heavy atom. The van der Waals surface area contributed by atoms with Crippen molar-refractivity contribution in [1.29, 1.82) is 0 Å². The van der Waals surface area contributed by atoms with Crippen molar-refractivity contribution in [2.75, 3.05) is 5.32 Å². The zero-order valence-electron chi connectivity index (χ0n) is 23.0. The van der Waals surface area contributed by atoms with E-state index in [0.29, 0.717) is 17.1 Å². The number of ether oxygens (including phenoxy) is 2. The van der Waals surface area contributed by atoms with Crippen LogP contribution in [0, 0.1) is 0 Å². The molecule has 0 aromatic heterocycles. The van der Waals surface area contributed by atoms with E-state index in [0.717, 1.165) is 37.0 Å². The van der Waals surface area contributed by atoms with Crippen LogP contribution in [0.15, 0.2) is 103 Å². The van der Waals surface area contributed by atoms with Gasteiger partial charge in [-0.1, -0.05) is 42.5 Å². The third kappa shape index (κ3) is 7.75. The molecule has 4 aromatic rings. The Morgan fingerprint density at radius 1 is 0.714 bits per heavy atom. The van der Waals surface area contributed by atoms with Gasteiger partial charge in [0, 0.05) is 11.6 Å². The molecular weight excluding hydrogens is 532 g/mol. The molecule has 2 amide bonds. The number of aromatic carboxylic acids is 1. The highest BCUT2D eigenvalue weighted by Gasteiger charge is 2.24. The fraction of sp³-hybridized carbons (Fsp3) is 0.206. The smallest absolute Gasteiger partial charge is 0.337 e. The molecule has 8 nitrogen and oxygen atoms in total. The predicted molar refractivity (Wildman–Crippen MR) is 159 cm³/mol. The van der Waals surface area contributed by atoms with E-state index in [1.807, 2.05) is 54.6 Å². The Labute approximate surface area is 244 Å². The van der Waals surface area contributed by atoms with Gasteiger partial charge >= 0.3 is 5.97 Å². The summed E-state index contributed by atoms with van der Waals surface area (Å²) >= 11 is 0. The average Bonchev–Trinajstić information content (AvgIpc) is 3.00. The van der Waals surface area contributed by atoms with Crippen LogP contribution in [0.3, 0.4) is 0 Å². The molecule has 0 spiro atoms. The lowest BCUT2D eigenvalue weighted by Crippen LogP contribution is -2.39. The van der Waals surface area contributed by atoms with Gasteiger partial charge in [0.2, 0.25) is 5.91 Å². The summed E-state index contributed by atoms with van der Waals surface area (Å²) < 4.78 is 12.1. The predicted octanol–water partition coefficient (Wildman–Crippen LogP) is 6.48. The Balaban J connectivity index is 1.06. The standard InChI is InChI=1S/C34H32N2O6/c37-32(36-31-9-5-4-8-30(31)34(39)40)22-23-10-14-26(15-11-23)41-28-18-20-29(21-19-28)42-27-16-12-25(13-17-27)35-33(38)24-6-2-1-3-7-24/h1-11,14-15,18-21,25,27H,12-13,16-17,22H2,(H,35,38)(H,36,37)(H,39,40). The van der Waals surface area contributed by atoms with Crippen LogP contribution >= 0.6 is 0 Å². The molecule has 4 aromatic carbocycles. The molecule has 0 aliphatic heterocycles. The molecule has 42 heavy (non-hydrogen) atoms. The summed E-state index contributed by atoms with van der Waals surface area (Å²) in [4.78, 5) is 36.2. The molecule has 0 unspecified atom stereocenters. The maximum absolute atomic E-state index is 12.5. The Kier molecular flexibility index (Phi) is 9.13. The van der Waals surface area contributed by atoms with Crippen LogP contribution in [-0.4, -0.2) is 35.0 Å². The summed E-state index contributed by atoms with van der Waals surface area (Å²) in [6, 6.07) is 30.4. The number of hydrogen-bond acceptors (Lipinski definition) is 5. The summed E-state index contributed by atoms with van der Waals surface area (Å²) in [5.74, 6) is 0.615. The number of carbonyl (C=O) groups is 3. The number of rotatable bonds is 10. The average molecular weight is 565 g/mol. The van der Waals surface area contributed by atoms with Crippen molar-refractivity contribution in [2.45, 2.75) is 44.2 Å². The van der Waals surface area contributed by atoms with Crippen LogP contribution in [0.4, 0.5) is 5.69 Å². The van der Waals surface area contributed by atoms with Crippen LogP contribution in [0.1, 0.15) is 52.0 Å². The molecule has 214 valence electrons. The van der Waals surface area contributed by atoms with Crippen LogP contribution in [0.5, 0.6) is 17.2 Å². The number of benzene rings is 4. The zero-order chi connectivity index (χ0) is 29.3. The molecule has 1 aliphatic carbocycles. The summed E-state index contributed by atoms with van der Waals surface area (Å²) in [5.41, 5.74) is 1.76. The molecule has 3 N–H and O–H groups in total. The number of carbonyl (C=O) groups excluding carboxylic acids is 2. The molecule has 0 saturated heterocycles. The number of carboxylic acids is 1. The summed E-state index contributed by atoms with van der Waals surface area (Å²) in [7, 11) is 0. The fourth-order valence-corrected chi connectivity index (χ4v) is 4.93. The van der Waals surface area contributed by atoms with E-state index < -0.39 is 5.97 Å². The number of carboxylic acid groups (broad SMARTS) is 1. The van der Waals surface area contributed by atoms with Crippen molar-refractivity contribution in [3.63, 3.8) is 0 Å². The van der Waals surface area contributed by atoms with Gasteiger partial charge in [0.05, 0.1) is 23.8 Å². The molecule has 1 aliphatic rings. The quantitative estimate of drug-likeness (QED) is 0.203. The largest absolute Gasteiger partial charge is 0.490 e. The normalized spacial score (nSPS) is 16.2. The van der Waals surface area contributed by atoms with Crippen molar-refractivity contribution in [3.8, 4) is 17.2 Å². The van der Waals surface area contributed by atoms with Crippen molar-refractivity contribution in [1.82, 2.24) is 5.32 Å².